The normalized spacial score (nSPS) is 10.8. The number of hydrogen-bond acceptors (Lipinski definition) is 6. The summed E-state index contributed by atoms with van der Waals surface area (Å²) in [6, 6.07) is 14.0. The molecule has 0 spiro atoms. The van der Waals surface area contributed by atoms with Gasteiger partial charge >= 0.3 is 0 Å². The molecule has 0 radical (unpaired) electrons. The first kappa shape index (κ1) is 25.7. The smallest absolute Gasteiger partial charge is 0.203 e. The van der Waals surface area contributed by atoms with Crippen LogP contribution in [0.2, 0.25) is 0 Å². The van der Waals surface area contributed by atoms with Crippen molar-refractivity contribution < 1.29 is 14.2 Å². The molecule has 0 atom stereocenters. The molecule has 1 aromatic heterocycles. The Morgan fingerprint density at radius 3 is 2.28 bits per heavy atom. The fourth-order valence-electron chi connectivity index (χ4n) is 3.03. The van der Waals surface area contributed by atoms with E-state index in [1.54, 1.807) is 32.7 Å². The minimum Gasteiger partial charge on any atom is -0.493 e. The average Bonchev–Trinajstić information content (AvgIpc) is 3.29. The van der Waals surface area contributed by atoms with Crippen LogP contribution in [0.15, 0.2) is 52.8 Å². The van der Waals surface area contributed by atoms with E-state index in [1.165, 1.54) is 0 Å². The Bertz CT molecular complexity index is 986. The number of aromatic nitrogens is 1. The molecular weight excluding hydrogens is 539 g/mol. The summed E-state index contributed by atoms with van der Waals surface area (Å²) in [6.07, 6.45) is 0. The van der Waals surface area contributed by atoms with E-state index < -0.39 is 0 Å². The molecule has 0 aliphatic carbocycles. The molecule has 0 bridgehead atoms. The Balaban J connectivity index is 0.00000363. The van der Waals surface area contributed by atoms with Crippen molar-refractivity contribution in [1.82, 2.24) is 15.6 Å². The molecule has 7 nitrogen and oxygen atoms in total. The molecule has 172 valence electrons. The number of hydrogen-bond donors (Lipinski definition) is 2. The van der Waals surface area contributed by atoms with E-state index in [2.05, 4.69) is 33.1 Å². The minimum absolute atomic E-state index is 0. The highest BCUT2D eigenvalue weighted by molar-refractivity contribution is 14.0. The molecule has 0 aliphatic heterocycles. The number of nitrogens with zero attached hydrogens (tertiary/aromatic N) is 2. The van der Waals surface area contributed by atoms with Gasteiger partial charge in [0.25, 0.3) is 0 Å². The highest BCUT2D eigenvalue weighted by atomic mass is 127. The number of halogens is 1. The third-order valence-corrected chi connectivity index (χ3v) is 5.37. The standard InChI is InChI=1S/C23H28N4O3S.HI/c1-5-24-23(25-13-16-11-19(28-2)22(30-4)20(12-16)29-3)26-14-21-27-18(15-31-21)17-9-7-6-8-10-17;/h6-12,15H,5,13-14H2,1-4H3,(H2,24,25,26);1H. The predicted molar refractivity (Wildman–Crippen MR) is 141 cm³/mol. The second kappa shape index (κ2) is 13.1. The molecule has 9 heteroatoms. The molecule has 3 rings (SSSR count). The highest BCUT2D eigenvalue weighted by Crippen LogP contribution is 2.38. The molecule has 2 aromatic carbocycles. The van der Waals surface area contributed by atoms with Gasteiger partial charge in [-0.25, -0.2) is 9.98 Å². The van der Waals surface area contributed by atoms with Gasteiger partial charge in [0.1, 0.15) is 5.01 Å². The number of guanidine groups is 1. The van der Waals surface area contributed by atoms with Crippen molar-refractivity contribution in [1.29, 1.82) is 0 Å². The molecular formula is C23H29IN4O3S. The molecule has 0 amide bonds. The summed E-state index contributed by atoms with van der Waals surface area (Å²) >= 11 is 1.63. The van der Waals surface area contributed by atoms with Crippen LogP contribution in [0, 0.1) is 0 Å². The summed E-state index contributed by atoms with van der Waals surface area (Å²) in [5, 5.41) is 9.69. The van der Waals surface area contributed by atoms with E-state index in [-0.39, 0.29) is 24.0 Å². The predicted octanol–water partition coefficient (Wildman–Crippen LogP) is 4.71. The third-order valence-electron chi connectivity index (χ3n) is 4.52. The van der Waals surface area contributed by atoms with Crippen molar-refractivity contribution in [3.8, 4) is 28.5 Å². The fraction of sp³-hybridized carbons (Fsp3) is 0.304. The van der Waals surface area contributed by atoms with E-state index in [0.29, 0.717) is 36.3 Å². The van der Waals surface area contributed by atoms with Crippen LogP contribution in [0.5, 0.6) is 17.2 Å². The monoisotopic (exact) mass is 568 g/mol. The number of rotatable bonds is 9. The zero-order valence-corrected chi connectivity index (χ0v) is 21.8. The Kier molecular flexibility index (Phi) is 10.5. The van der Waals surface area contributed by atoms with Crippen molar-refractivity contribution >= 4 is 41.3 Å². The topological polar surface area (TPSA) is 77.0 Å². The van der Waals surface area contributed by atoms with Gasteiger partial charge in [0.15, 0.2) is 17.5 Å². The van der Waals surface area contributed by atoms with Gasteiger partial charge in [-0.2, -0.15) is 0 Å². The average molecular weight is 568 g/mol. The molecule has 0 saturated carbocycles. The molecule has 0 aliphatic rings. The van der Waals surface area contributed by atoms with Gasteiger partial charge in [0, 0.05) is 17.5 Å². The number of benzene rings is 2. The van der Waals surface area contributed by atoms with E-state index in [4.69, 9.17) is 19.2 Å². The van der Waals surface area contributed by atoms with Crippen LogP contribution in [0.4, 0.5) is 0 Å². The summed E-state index contributed by atoms with van der Waals surface area (Å²) in [7, 11) is 4.80. The summed E-state index contributed by atoms with van der Waals surface area (Å²) < 4.78 is 16.2. The third kappa shape index (κ3) is 6.73. The SMILES string of the molecule is CCNC(=NCc1cc(OC)c(OC)c(OC)c1)NCc1nc(-c2ccccc2)cs1.I. The van der Waals surface area contributed by atoms with Gasteiger partial charge in [-0.05, 0) is 24.6 Å². The van der Waals surface area contributed by atoms with E-state index in [0.717, 1.165) is 28.4 Å². The van der Waals surface area contributed by atoms with E-state index >= 15 is 0 Å². The van der Waals surface area contributed by atoms with Crippen molar-refractivity contribution in [3.05, 3.63) is 58.4 Å². The summed E-state index contributed by atoms with van der Waals surface area (Å²) in [6.45, 7) is 3.85. The first-order valence-corrected chi connectivity index (χ1v) is 10.9. The lowest BCUT2D eigenvalue weighted by molar-refractivity contribution is 0.324. The Morgan fingerprint density at radius 1 is 1.00 bits per heavy atom. The quantitative estimate of drug-likeness (QED) is 0.221. The molecule has 32 heavy (non-hydrogen) atoms. The van der Waals surface area contributed by atoms with Crippen LogP contribution in [0.3, 0.4) is 0 Å². The zero-order valence-electron chi connectivity index (χ0n) is 18.7. The largest absolute Gasteiger partial charge is 0.493 e. The van der Waals surface area contributed by atoms with Gasteiger partial charge in [0.05, 0.1) is 40.1 Å². The molecule has 3 aromatic rings. The van der Waals surface area contributed by atoms with Crippen LogP contribution in [0.1, 0.15) is 17.5 Å². The number of aliphatic imine (C=N–C) groups is 1. The van der Waals surface area contributed by atoms with Crippen LogP contribution in [-0.4, -0.2) is 38.8 Å². The first-order chi connectivity index (χ1) is 15.2. The highest BCUT2D eigenvalue weighted by Gasteiger charge is 2.13. The van der Waals surface area contributed by atoms with Crippen LogP contribution in [-0.2, 0) is 13.1 Å². The van der Waals surface area contributed by atoms with Crippen molar-refractivity contribution in [2.75, 3.05) is 27.9 Å². The van der Waals surface area contributed by atoms with Crippen LogP contribution >= 0.6 is 35.3 Å². The summed E-state index contributed by atoms with van der Waals surface area (Å²) in [5.41, 5.74) is 3.06. The second-order valence-electron chi connectivity index (χ2n) is 6.57. The maximum atomic E-state index is 5.43. The molecule has 0 unspecified atom stereocenters. The zero-order chi connectivity index (χ0) is 22.1. The maximum Gasteiger partial charge on any atom is 0.203 e. The van der Waals surface area contributed by atoms with Crippen LogP contribution < -0.4 is 24.8 Å². The minimum atomic E-state index is 0. The Morgan fingerprint density at radius 2 is 1.69 bits per heavy atom. The molecule has 1 heterocycles. The van der Waals surface area contributed by atoms with Crippen molar-refractivity contribution in [2.45, 2.75) is 20.0 Å². The number of thiazole rings is 1. The summed E-state index contributed by atoms with van der Waals surface area (Å²) in [4.78, 5) is 9.41. The number of ether oxygens (including phenoxy) is 3. The number of methoxy groups -OCH3 is 3. The molecule has 2 N–H and O–H groups in total. The Labute approximate surface area is 210 Å². The lowest BCUT2D eigenvalue weighted by Crippen LogP contribution is -2.36. The maximum absolute atomic E-state index is 5.43. The van der Waals surface area contributed by atoms with Crippen molar-refractivity contribution in [3.63, 3.8) is 0 Å². The summed E-state index contributed by atoms with van der Waals surface area (Å²) in [5.74, 6) is 2.51. The van der Waals surface area contributed by atoms with Gasteiger partial charge in [0.2, 0.25) is 5.75 Å². The first-order valence-electron chi connectivity index (χ1n) is 9.99. The van der Waals surface area contributed by atoms with Gasteiger partial charge < -0.3 is 24.8 Å². The van der Waals surface area contributed by atoms with E-state index in [1.807, 2.05) is 37.3 Å². The fourth-order valence-corrected chi connectivity index (χ4v) is 3.77. The Hall–Kier alpha value is -2.53. The molecule has 0 saturated heterocycles. The van der Waals surface area contributed by atoms with E-state index in [9.17, 15) is 0 Å². The lowest BCUT2D eigenvalue weighted by atomic mass is 10.2. The van der Waals surface area contributed by atoms with Gasteiger partial charge in [-0.1, -0.05) is 30.3 Å². The van der Waals surface area contributed by atoms with Gasteiger partial charge in [-0.3, -0.25) is 0 Å². The second-order valence-corrected chi connectivity index (χ2v) is 7.52. The van der Waals surface area contributed by atoms with Gasteiger partial charge in [-0.15, -0.1) is 35.3 Å². The lowest BCUT2D eigenvalue weighted by Gasteiger charge is -2.14. The molecule has 0 fully saturated rings. The van der Waals surface area contributed by atoms with Crippen molar-refractivity contribution in [2.24, 2.45) is 4.99 Å². The number of nitrogens with one attached hydrogen (secondary N) is 2. The van der Waals surface area contributed by atoms with Crippen LogP contribution in [0.25, 0.3) is 11.3 Å².